The first-order chi connectivity index (χ1) is 4.13. The van der Waals surface area contributed by atoms with Crippen LogP contribution in [0.25, 0.3) is 0 Å². The van der Waals surface area contributed by atoms with Crippen molar-refractivity contribution >= 4 is 0 Å². The quantitative estimate of drug-likeness (QED) is 0.391. The zero-order valence-corrected chi connectivity index (χ0v) is 6.73. The van der Waals surface area contributed by atoms with Crippen molar-refractivity contribution in [2.75, 3.05) is 0 Å². The molecule has 0 saturated heterocycles. The standard InChI is InChI=1S/C9H15/c1-8(2)6-5-7-9(3)4/h5-7H,1-4H3/q+1/b6-5+. The largest absolute Gasteiger partial charge is 0.0962 e. The van der Waals surface area contributed by atoms with E-state index in [0.29, 0.717) is 0 Å². The van der Waals surface area contributed by atoms with Crippen LogP contribution >= 0.6 is 0 Å². The highest BCUT2D eigenvalue weighted by atomic mass is 13.9. The first-order valence-corrected chi connectivity index (χ1v) is 3.24. The first kappa shape index (κ1) is 8.35. The fourth-order valence-electron chi connectivity index (χ4n) is 0.433. The maximum Gasteiger partial charge on any atom is 0.0962 e. The summed E-state index contributed by atoms with van der Waals surface area (Å²) >= 11 is 0. The Balaban J connectivity index is 3.60. The SMILES string of the molecule is CC(C)=C/C=C/[C+](C)C. The van der Waals surface area contributed by atoms with Gasteiger partial charge in [-0.2, -0.15) is 0 Å². The van der Waals surface area contributed by atoms with Gasteiger partial charge in [0.15, 0.2) is 0 Å². The van der Waals surface area contributed by atoms with E-state index in [-0.39, 0.29) is 0 Å². The number of hydrogen-bond acceptors (Lipinski definition) is 0. The molecule has 0 fully saturated rings. The number of allylic oxidation sites excluding steroid dienone is 4. The van der Waals surface area contributed by atoms with Crippen LogP contribution in [0.3, 0.4) is 0 Å². The third kappa shape index (κ3) is 7.35. The highest BCUT2D eigenvalue weighted by Gasteiger charge is 1.89. The van der Waals surface area contributed by atoms with Crippen LogP contribution in [0.2, 0.25) is 0 Å². The molecule has 0 rings (SSSR count). The van der Waals surface area contributed by atoms with Crippen molar-refractivity contribution in [3.63, 3.8) is 0 Å². The molecule has 0 saturated carbocycles. The van der Waals surface area contributed by atoms with Crippen LogP contribution < -0.4 is 0 Å². The Bertz CT molecular complexity index is 112. The predicted octanol–water partition coefficient (Wildman–Crippen LogP) is 3.12. The minimum absolute atomic E-state index is 1.34. The Morgan fingerprint density at radius 2 is 1.78 bits per heavy atom. The molecule has 0 aliphatic heterocycles. The Labute approximate surface area is 58.3 Å². The summed E-state index contributed by atoms with van der Waals surface area (Å²) in [5.41, 5.74) is 1.34. The molecule has 50 valence electrons. The van der Waals surface area contributed by atoms with Crippen LogP contribution in [0, 0.1) is 5.92 Å². The van der Waals surface area contributed by atoms with Gasteiger partial charge in [0.1, 0.15) is 0 Å². The van der Waals surface area contributed by atoms with E-state index >= 15 is 0 Å². The van der Waals surface area contributed by atoms with Gasteiger partial charge in [-0.05, 0) is 13.8 Å². The number of hydrogen-bond donors (Lipinski definition) is 0. The van der Waals surface area contributed by atoms with Crippen LogP contribution in [0.1, 0.15) is 27.7 Å². The summed E-state index contributed by atoms with van der Waals surface area (Å²) in [5.74, 6) is 1.34. The molecule has 0 unspecified atom stereocenters. The summed E-state index contributed by atoms with van der Waals surface area (Å²) in [6, 6.07) is 0. The molecule has 0 N–H and O–H groups in total. The van der Waals surface area contributed by atoms with Crippen molar-refractivity contribution in [1.82, 2.24) is 0 Å². The zero-order chi connectivity index (χ0) is 7.28. The van der Waals surface area contributed by atoms with E-state index < -0.39 is 0 Å². The van der Waals surface area contributed by atoms with Crippen molar-refractivity contribution in [2.24, 2.45) is 0 Å². The lowest BCUT2D eigenvalue weighted by molar-refractivity contribution is 1.21. The average molecular weight is 123 g/mol. The second-order valence-corrected chi connectivity index (χ2v) is 2.68. The molecule has 0 heteroatoms. The lowest BCUT2D eigenvalue weighted by atomic mass is 10.2. The maximum absolute atomic E-state index is 2.10. The number of rotatable bonds is 2. The molecule has 0 amide bonds. The summed E-state index contributed by atoms with van der Waals surface area (Å²) in [6.45, 7) is 8.37. The van der Waals surface area contributed by atoms with Gasteiger partial charge in [0.05, 0.1) is 12.2 Å². The van der Waals surface area contributed by atoms with Crippen LogP contribution in [-0.4, -0.2) is 0 Å². The van der Waals surface area contributed by atoms with Gasteiger partial charge in [0.2, 0.25) is 0 Å². The van der Waals surface area contributed by atoms with Gasteiger partial charge >= 0.3 is 0 Å². The molecule has 9 heavy (non-hydrogen) atoms. The van der Waals surface area contributed by atoms with E-state index in [1.54, 1.807) is 0 Å². The summed E-state index contributed by atoms with van der Waals surface area (Å²) in [5, 5.41) is 0. The van der Waals surface area contributed by atoms with Gasteiger partial charge < -0.3 is 0 Å². The highest BCUT2D eigenvalue weighted by Crippen LogP contribution is 1.97. The van der Waals surface area contributed by atoms with Gasteiger partial charge in [-0.25, -0.2) is 0 Å². The van der Waals surface area contributed by atoms with Crippen LogP contribution in [-0.2, 0) is 0 Å². The van der Waals surface area contributed by atoms with Crippen LogP contribution in [0.4, 0.5) is 0 Å². The molecule has 0 nitrogen and oxygen atoms in total. The normalized spacial score (nSPS) is 9.78. The van der Waals surface area contributed by atoms with E-state index in [2.05, 4.69) is 45.9 Å². The van der Waals surface area contributed by atoms with E-state index in [1.807, 2.05) is 0 Å². The Morgan fingerprint density at radius 1 is 1.22 bits per heavy atom. The Morgan fingerprint density at radius 3 is 2.11 bits per heavy atom. The van der Waals surface area contributed by atoms with Crippen LogP contribution in [0.15, 0.2) is 23.8 Å². The molecular weight excluding hydrogens is 108 g/mol. The molecule has 0 atom stereocenters. The lowest BCUT2D eigenvalue weighted by Crippen LogP contribution is -1.71. The zero-order valence-electron chi connectivity index (χ0n) is 6.73. The molecule has 0 heterocycles. The second-order valence-electron chi connectivity index (χ2n) is 2.68. The molecule has 0 aliphatic carbocycles. The Hall–Kier alpha value is -0.650. The maximum atomic E-state index is 2.10. The van der Waals surface area contributed by atoms with E-state index in [9.17, 15) is 0 Å². The molecule has 0 aromatic carbocycles. The molecule has 0 aromatic heterocycles. The van der Waals surface area contributed by atoms with E-state index in [1.165, 1.54) is 11.5 Å². The van der Waals surface area contributed by atoms with Crippen molar-refractivity contribution in [3.8, 4) is 0 Å². The van der Waals surface area contributed by atoms with Crippen molar-refractivity contribution in [2.45, 2.75) is 27.7 Å². The molecule has 0 spiro atoms. The minimum atomic E-state index is 1.34. The fourth-order valence-corrected chi connectivity index (χ4v) is 0.433. The summed E-state index contributed by atoms with van der Waals surface area (Å²) in [6.07, 6.45) is 6.28. The van der Waals surface area contributed by atoms with Crippen molar-refractivity contribution in [1.29, 1.82) is 0 Å². The van der Waals surface area contributed by atoms with Crippen molar-refractivity contribution in [3.05, 3.63) is 29.7 Å². The molecular formula is C9H15+. The van der Waals surface area contributed by atoms with E-state index in [4.69, 9.17) is 0 Å². The van der Waals surface area contributed by atoms with Gasteiger partial charge in [0.25, 0.3) is 0 Å². The Kier molecular flexibility index (Phi) is 3.94. The van der Waals surface area contributed by atoms with E-state index in [0.717, 1.165) is 0 Å². The highest BCUT2D eigenvalue weighted by molar-refractivity contribution is 5.14. The summed E-state index contributed by atoms with van der Waals surface area (Å²) < 4.78 is 0. The van der Waals surface area contributed by atoms with Crippen molar-refractivity contribution < 1.29 is 0 Å². The molecule has 0 radical (unpaired) electrons. The van der Waals surface area contributed by atoms with Crippen LogP contribution in [0.5, 0.6) is 0 Å². The smallest absolute Gasteiger partial charge is 0.0562 e. The molecule has 0 aromatic rings. The third-order valence-electron chi connectivity index (χ3n) is 0.859. The first-order valence-electron chi connectivity index (χ1n) is 3.24. The average Bonchev–Trinajstić information content (AvgIpc) is 1.63. The predicted molar refractivity (Wildman–Crippen MR) is 43.2 cm³/mol. The minimum Gasteiger partial charge on any atom is -0.0562 e. The molecule has 0 aliphatic rings. The summed E-state index contributed by atoms with van der Waals surface area (Å²) in [7, 11) is 0. The second kappa shape index (κ2) is 4.25. The van der Waals surface area contributed by atoms with Gasteiger partial charge in [-0.1, -0.05) is 5.57 Å². The fraction of sp³-hybridized carbons (Fsp3) is 0.444. The van der Waals surface area contributed by atoms with Gasteiger partial charge in [0, 0.05) is 25.8 Å². The molecule has 0 bridgehead atoms. The van der Waals surface area contributed by atoms with Gasteiger partial charge in [-0.15, -0.1) is 0 Å². The third-order valence-corrected chi connectivity index (χ3v) is 0.859. The monoisotopic (exact) mass is 123 g/mol. The topological polar surface area (TPSA) is 0 Å². The summed E-state index contributed by atoms with van der Waals surface area (Å²) in [4.78, 5) is 0. The van der Waals surface area contributed by atoms with Gasteiger partial charge in [-0.3, -0.25) is 0 Å². The lowest BCUT2D eigenvalue weighted by Gasteiger charge is -1.80.